The van der Waals surface area contributed by atoms with Gasteiger partial charge in [-0.25, -0.2) is 0 Å². The molecule has 1 aromatic rings. The standard InChI is InChI=1S/C19H31NO/c1-5-20-18(11-17-12-19(13-17)21-6-2)10-16-8-14(3)7-15(4)9-16/h7-9,17-20H,5-6,10-13H2,1-4H3. The van der Waals surface area contributed by atoms with Crippen LogP contribution in [0, 0.1) is 19.8 Å². The fraction of sp³-hybridized carbons (Fsp3) is 0.684. The lowest BCUT2D eigenvalue weighted by Crippen LogP contribution is -2.39. The summed E-state index contributed by atoms with van der Waals surface area (Å²) in [7, 11) is 0. The van der Waals surface area contributed by atoms with Crippen molar-refractivity contribution in [3.8, 4) is 0 Å². The van der Waals surface area contributed by atoms with E-state index < -0.39 is 0 Å². The molecule has 0 radical (unpaired) electrons. The molecule has 1 unspecified atom stereocenters. The van der Waals surface area contributed by atoms with Crippen LogP contribution in [0.15, 0.2) is 18.2 Å². The topological polar surface area (TPSA) is 21.3 Å². The molecule has 0 saturated heterocycles. The summed E-state index contributed by atoms with van der Waals surface area (Å²) in [5.41, 5.74) is 4.22. The third-order valence-electron chi connectivity index (χ3n) is 4.47. The van der Waals surface area contributed by atoms with Crippen LogP contribution in [0.1, 0.15) is 49.8 Å². The average Bonchev–Trinajstić information content (AvgIpc) is 2.35. The van der Waals surface area contributed by atoms with E-state index in [-0.39, 0.29) is 0 Å². The molecule has 2 rings (SSSR count). The molecule has 0 amide bonds. The van der Waals surface area contributed by atoms with E-state index in [0.717, 1.165) is 25.5 Å². The second-order valence-corrected chi connectivity index (χ2v) is 6.61. The van der Waals surface area contributed by atoms with E-state index in [9.17, 15) is 0 Å². The Labute approximate surface area is 130 Å². The van der Waals surface area contributed by atoms with Gasteiger partial charge in [-0.2, -0.15) is 0 Å². The first-order valence-electron chi connectivity index (χ1n) is 8.52. The summed E-state index contributed by atoms with van der Waals surface area (Å²) < 4.78 is 5.68. The highest BCUT2D eigenvalue weighted by molar-refractivity contribution is 5.29. The Morgan fingerprint density at radius 2 is 1.81 bits per heavy atom. The maximum Gasteiger partial charge on any atom is 0.0580 e. The van der Waals surface area contributed by atoms with Crippen molar-refractivity contribution in [3.05, 3.63) is 34.9 Å². The Hall–Kier alpha value is -0.860. The first-order valence-corrected chi connectivity index (χ1v) is 8.52. The van der Waals surface area contributed by atoms with Crippen molar-refractivity contribution in [1.29, 1.82) is 0 Å². The molecule has 118 valence electrons. The van der Waals surface area contributed by atoms with Gasteiger partial charge in [-0.15, -0.1) is 0 Å². The molecule has 1 aliphatic rings. The predicted octanol–water partition coefficient (Wildman–Crippen LogP) is 4.03. The summed E-state index contributed by atoms with van der Waals surface area (Å²) >= 11 is 0. The van der Waals surface area contributed by atoms with E-state index >= 15 is 0 Å². The molecule has 1 fully saturated rings. The molecule has 0 aromatic heterocycles. The van der Waals surface area contributed by atoms with Crippen LogP contribution in [0.4, 0.5) is 0 Å². The Balaban J connectivity index is 1.87. The zero-order valence-electron chi connectivity index (χ0n) is 14.1. The SMILES string of the molecule is CCNC(Cc1cc(C)cc(C)c1)CC1CC(OCC)C1. The number of hydrogen-bond acceptors (Lipinski definition) is 2. The number of aryl methyl sites for hydroxylation is 2. The fourth-order valence-electron chi connectivity index (χ4n) is 3.64. The average molecular weight is 289 g/mol. The second kappa shape index (κ2) is 7.95. The van der Waals surface area contributed by atoms with Crippen LogP contribution >= 0.6 is 0 Å². The Bertz CT molecular complexity index is 417. The summed E-state index contributed by atoms with van der Waals surface area (Å²) in [6.07, 6.45) is 5.46. The molecular formula is C19H31NO. The van der Waals surface area contributed by atoms with Crippen LogP contribution in [-0.2, 0) is 11.2 Å². The van der Waals surface area contributed by atoms with Gasteiger partial charge in [0.05, 0.1) is 6.10 Å². The minimum atomic E-state index is 0.531. The minimum Gasteiger partial charge on any atom is -0.378 e. The summed E-state index contributed by atoms with van der Waals surface area (Å²) in [6, 6.07) is 7.52. The number of hydrogen-bond donors (Lipinski definition) is 1. The normalized spacial score (nSPS) is 22.9. The molecule has 1 aromatic carbocycles. The van der Waals surface area contributed by atoms with Gasteiger partial charge in [-0.05, 0) is 64.5 Å². The van der Waals surface area contributed by atoms with Crippen molar-refractivity contribution in [1.82, 2.24) is 5.32 Å². The van der Waals surface area contributed by atoms with Crippen LogP contribution in [0.3, 0.4) is 0 Å². The zero-order valence-corrected chi connectivity index (χ0v) is 14.1. The van der Waals surface area contributed by atoms with Crippen molar-refractivity contribution in [2.75, 3.05) is 13.2 Å². The number of ether oxygens (including phenoxy) is 1. The van der Waals surface area contributed by atoms with E-state index in [1.165, 1.54) is 36.0 Å². The van der Waals surface area contributed by atoms with Gasteiger partial charge in [0.25, 0.3) is 0 Å². The number of benzene rings is 1. The van der Waals surface area contributed by atoms with Gasteiger partial charge in [-0.1, -0.05) is 36.2 Å². The minimum absolute atomic E-state index is 0.531. The third-order valence-corrected chi connectivity index (χ3v) is 4.47. The molecule has 1 N–H and O–H groups in total. The molecule has 0 bridgehead atoms. The summed E-state index contributed by atoms with van der Waals surface area (Å²) in [4.78, 5) is 0. The predicted molar refractivity (Wildman–Crippen MR) is 89.8 cm³/mol. The van der Waals surface area contributed by atoms with E-state index in [1.807, 2.05) is 0 Å². The van der Waals surface area contributed by atoms with Gasteiger partial charge in [0.2, 0.25) is 0 Å². The van der Waals surface area contributed by atoms with E-state index in [1.54, 1.807) is 0 Å². The highest BCUT2D eigenvalue weighted by Crippen LogP contribution is 2.34. The van der Waals surface area contributed by atoms with Crippen LogP contribution in [0.25, 0.3) is 0 Å². The second-order valence-electron chi connectivity index (χ2n) is 6.61. The van der Waals surface area contributed by atoms with Crippen molar-refractivity contribution < 1.29 is 4.74 Å². The van der Waals surface area contributed by atoms with Crippen molar-refractivity contribution in [2.24, 2.45) is 5.92 Å². The Morgan fingerprint density at radius 3 is 2.38 bits per heavy atom. The van der Waals surface area contributed by atoms with Gasteiger partial charge in [0.15, 0.2) is 0 Å². The van der Waals surface area contributed by atoms with E-state index in [2.05, 4.69) is 51.2 Å². The molecule has 1 saturated carbocycles. The van der Waals surface area contributed by atoms with Crippen molar-refractivity contribution in [3.63, 3.8) is 0 Å². The summed E-state index contributed by atoms with van der Waals surface area (Å²) in [5.74, 6) is 0.844. The van der Waals surface area contributed by atoms with Gasteiger partial charge in [-0.3, -0.25) is 0 Å². The Morgan fingerprint density at radius 1 is 1.14 bits per heavy atom. The maximum atomic E-state index is 5.68. The van der Waals surface area contributed by atoms with Gasteiger partial charge in [0.1, 0.15) is 0 Å². The lowest BCUT2D eigenvalue weighted by Gasteiger charge is -2.37. The molecule has 2 nitrogen and oxygen atoms in total. The maximum absolute atomic E-state index is 5.68. The molecule has 0 heterocycles. The van der Waals surface area contributed by atoms with E-state index in [0.29, 0.717) is 12.1 Å². The largest absolute Gasteiger partial charge is 0.378 e. The smallest absolute Gasteiger partial charge is 0.0580 e. The molecule has 2 heteroatoms. The van der Waals surface area contributed by atoms with Crippen LogP contribution < -0.4 is 5.32 Å². The first-order chi connectivity index (χ1) is 10.1. The van der Waals surface area contributed by atoms with E-state index in [4.69, 9.17) is 4.74 Å². The molecule has 0 spiro atoms. The molecule has 21 heavy (non-hydrogen) atoms. The number of rotatable bonds is 8. The van der Waals surface area contributed by atoms with Crippen LogP contribution in [0.5, 0.6) is 0 Å². The zero-order chi connectivity index (χ0) is 15.2. The Kier molecular flexibility index (Phi) is 6.25. The first kappa shape index (κ1) is 16.5. The van der Waals surface area contributed by atoms with Crippen molar-refractivity contribution in [2.45, 2.75) is 65.5 Å². The molecular weight excluding hydrogens is 258 g/mol. The van der Waals surface area contributed by atoms with Gasteiger partial charge < -0.3 is 10.1 Å². The van der Waals surface area contributed by atoms with Crippen molar-refractivity contribution >= 4 is 0 Å². The lowest BCUT2D eigenvalue weighted by molar-refractivity contribution is -0.0289. The lowest BCUT2D eigenvalue weighted by atomic mass is 9.77. The van der Waals surface area contributed by atoms with Gasteiger partial charge >= 0.3 is 0 Å². The van der Waals surface area contributed by atoms with Crippen LogP contribution in [-0.4, -0.2) is 25.3 Å². The summed E-state index contributed by atoms with van der Waals surface area (Å²) in [5, 5.41) is 3.68. The van der Waals surface area contributed by atoms with Gasteiger partial charge in [0, 0.05) is 12.6 Å². The molecule has 0 aliphatic heterocycles. The third kappa shape index (κ3) is 5.12. The quantitative estimate of drug-likeness (QED) is 0.780. The fourth-order valence-corrected chi connectivity index (χ4v) is 3.64. The highest BCUT2D eigenvalue weighted by Gasteiger charge is 2.31. The number of nitrogens with one attached hydrogen (secondary N) is 1. The highest BCUT2D eigenvalue weighted by atomic mass is 16.5. The monoisotopic (exact) mass is 289 g/mol. The summed E-state index contributed by atoms with van der Waals surface area (Å²) in [6.45, 7) is 10.6. The molecule has 1 aliphatic carbocycles. The molecule has 1 atom stereocenters. The number of likely N-dealkylation sites (N-methyl/N-ethyl adjacent to an activating group) is 1. The van der Waals surface area contributed by atoms with Crippen LogP contribution in [0.2, 0.25) is 0 Å².